The van der Waals surface area contributed by atoms with Crippen LogP contribution in [0.2, 0.25) is 0 Å². The summed E-state index contributed by atoms with van der Waals surface area (Å²) in [5.41, 5.74) is 3.91. The molecule has 1 nitrogen and oxygen atoms in total. The van der Waals surface area contributed by atoms with Crippen LogP contribution in [-0.4, -0.2) is 6.54 Å². The number of anilines is 1. The number of hydrogen-bond acceptors (Lipinski definition) is 1. The van der Waals surface area contributed by atoms with Crippen LogP contribution in [0.25, 0.3) is 5.70 Å². The largest absolute Gasteiger partial charge is 0.341 e. The van der Waals surface area contributed by atoms with E-state index in [9.17, 15) is 0 Å². The lowest BCUT2D eigenvalue weighted by Crippen LogP contribution is -2.17. The quantitative estimate of drug-likeness (QED) is 0.742. The molecule has 0 amide bonds. The van der Waals surface area contributed by atoms with E-state index in [-0.39, 0.29) is 0 Å². The van der Waals surface area contributed by atoms with Crippen molar-refractivity contribution < 1.29 is 0 Å². The van der Waals surface area contributed by atoms with E-state index in [0.29, 0.717) is 0 Å². The van der Waals surface area contributed by atoms with Gasteiger partial charge in [0, 0.05) is 17.9 Å². The summed E-state index contributed by atoms with van der Waals surface area (Å²) in [4.78, 5) is 2.38. The molecule has 0 bridgehead atoms. The Labute approximate surface area is 102 Å². The monoisotopic (exact) mass is 221 g/mol. The molecule has 0 fully saturated rings. The van der Waals surface area contributed by atoms with E-state index in [2.05, 4.69) is 71.6 Å². The van der Waals surface area contributed by atoms with Crippen LogP contribution in [-0.2, 0) is 0 Å². The third-order valence-electron chi connectivity index (χ3n) is 3.12. The first-order chi connectivity index (χ1) is 8.45. The molecule has 2 aromatic carbocycles. The van der Waals surface area contributed by atoms with Gasteiger partial charge in [-0.25, -0.2) is 0 Å². The van der Waals surface area contributed by atoms with Gasteiger partial charge in [-0.05, 0) is 24.1 Å². The molecule has 1 aliphatic heterocycles. The first kappa shape index (κ1) is 10.2. The summed E-state index contributed by atoms with van der Waals surface area (Å²) in [6, 6.07) is 21.2. The smallest absolute Gasteiger partial charge is 0.0444 e. The van der Waals surface area contributed by atoms with Gasteiger partial charge in [0.05, 0.1) is 0 Å². The maximum Gasteiger partial charge on any atom is 0.0444 e. The number of rotatable bonds is 2. The first-order valence-electron chi connectivity index (χ1n) is 6.03. The lowest BCUT2D eigenvalue weighted by atomic mass is 10.1. The van der Waals surface area contributed by atoms with Gasteiger partial charge in [0.15, 0.2) is 0 Å². The van der Waals surface area contributed by atoms with Crippen molar-refractivity contribution in [3.8, 4) is 0 Å². The molecule has 0 N–H and O–H groups in total. The van der Waals surface area contributed by atoms with Gasteiger partial charge in [0.1, 0.15) is 0 Å². The van der Waals surface area contributed by atoms with E-state index in [1.54, 1.807) is 0 Å². The van der Waals surface area contributed by atoms with Crippen LogP contribution in [0.4, 0.5) is 5.69 Å². The van der Waals surface area contributed by atoms with Crippen molar-refractivity contribution in [2.24, 2.45) is 0 Å². The Bertz CT molecular complexity index is 514. The fourth-order valence-electron chi connectivity index (χ4n) is 2.32. The van der Waals surface area contributed by atoms with E-state index < -0.39 is 0 Å². The van der Waals surface area contributed by atoms with Crippen LogP contribution in [0.1, 0.15) is 12.0 Å². The Hall–Kier alpha value is -2.02. The van der Waals surface area contributed by atoms with E-state index in [4.69, 9.17) is 0 Å². The van der Waals surface area contributed by atoms with E-state index in [1.165, 1.54) is 16.9 Å². The Kier molecular flexibility index (Phi) is 2.66. The number of hydrogen-bond donors (Lipinski definition) is 0. The van der Waals surface area contributed by atoms with Gasteiger partial charge in [-0.2, -0.15) is 0 Å². The molecule has 17 heavy (non-hydrogen) atoms. The van der Waals surface area contributed by atoms with Gasteiger partial charge in [-0.3, -0.25) is 0 Å². The molecule has 1 aliphatic rings. The highest BCUT2D eigenvalue weighted by Gasteiger charge is 2.17. The van der Waals surface area contributed by atoms with Crippen molar-refractivity contribution in [3.63, 3.8) is 0 Å². The van der Waals surface area contributed by atoms with Crippen molar-refractivity contribution in [2.75, 3.05) is 11.4 Å². The van der Waals surface area contributed by atoms with E-state index in [0.717, 1.165) is 13.0 Å². The van der Waals surface area contributed by atoms with Gasteiger partial charge in [0.25, 0.3) is 0 Å². The second-order valence-corrected chi connectivity index (χ2v) is 4.23. The summed E-state index contributed by atoms with van der Waals surface area (Å²) < 4.78 is 0. The third kappa shape index (κ3) is 1.96. The topological polar surface area (TPSA) is 3.24 Å². The summed E-state index contributed by atoms with van der Waals surface area (Å²) in [7, 11) is 0. The molecule has 0 saturated carbocycles. The minimum Gasteiger partial charge on any atom is -0.341 e. The van der Waals surface area contributed by atoms with Crippen LogP contribution in [0.15, 0.2) is 66.7 Å². The molecule has 0 saturated heterocycles. The van der Waals surface area contributed by atoms with E-state index in [1.807, 2.05) is 0 Å². The zero-order valence-electron chi connectivity index (χ0n) is 9.71. The molecule has 0 radical (unpaired) electrons. The average molecular weight is 221 g/mol. The highest BCUT2D eigenvalue weighted by molar-refractivity contribution is 5.81. The van der Waals surface area contributed by atoms with Gasteiger partial charge in [-0.15, -0.1) is 0 Å². The molecule has 0 aliphatic carbocycles. The van der Waals surface area contributed by atoms with Crippen molar-refractivity contribution in [1.29, 1.82) is 0 Å². The normalized spacial score (nSPS) is 14.8. The summed E-state index contributed by atoms with van der Waals surface area (Å²) in [6.07, 6.45) is 3.45. The van der Waals surface area contributed by atoms with Gasteiger partial charge < -0.3 is 4.90 Å². The molecule has 84 valence electrons. The molecule has 1 heterocycles. The Morgan fingerprint density at radius 1 is 0.765 bits per heavy atom. The SMILES string of the molecule is C1=C(c2ccccc2)N(c2ccccc2)CC1. The van der Waals surface area contributed by atoms with Crippen molar-refractivity contribution in [1.82, 2.24) is 0 Å². The molecule has 3 rings (SSSR count). The van der Waals surface area contributed by atoms with Gasteiger partial charge in [0.2, 0.25) is 0 Å². The fraction of sp³-hybridized carbons (Fsp3) is 0.125. The Balaban J connectivity index is 1.96. The molecule has 0 atom stereocenters. The van der Waals surface area contributed by atoms with Gasteiger partial charge >= 0.3 is 0 Å². The highest BCUT2D eigenvalue weighted by atomic mass is 15.2. The van der Waals surface area contributed by atoms with Crippen LogP contribution < -0.4 is 4.90 Å². The van der Waals surface area contributed by atoms with Crippen molar-refractivity contribution >= 4 is 11.4 Å². The maximum absolute atomic E-state index is 2.38. The molecule has 1 heteroatoms. The first-order valence-corrected chi connectivity index (χ1v) is 6.03. The van der Waals surface area contributed by atoms with Crippen LogP contribution in [0, 0.1) is 0 Å². The minimum atomic E-state index is 1.08. The van der Waals surface area contributed by atoms with Crippen molar-refractivity contribution in [2.45, 2.75) is 6.42 Å². The summed E-state index contributed by atoms with van der Waals surface area (Å²) in [5.74, 6) is 0. The Morgan fingerprint density at radius 3 is 2.12 bits per heavy atom. The average Bonchev–Trinajstić information content (AvgIpc) is 2.90. The molecule has 0 spiro atoms. The predicted octanol–water partition coefficient (Wildman–Crippen LogP) is 3.94. The standard InChI is InChI=1S/C16H15N/c1-3-8-14(9-4-1)16-12-7-13-17(16)15-10-5-2-6-11-15/h1-6,8-12H,7,13H2. The number of para-hydroxylation sites is 1. The zero-order valence-corrected chi connectivity index (χ0v) is 9.71. The molecule has 0 unspecified atom stereocenters. The summed E-state index contributed by atoms with van der Waals surface area (Å²) in [5, 5.41) is 0. The van der Waals surface area contributed by atoms with Crippen LogP contribution in [0.5, 0.6) is 0 Å². The Morgan fingerprint density at radius 2 is 1.41 bits per heavy atom. The van der Waals surface area contributed by atoms with Crippen LogP contribution >= 0.6 is 0 Å². The van der Waals surface area contributed by atoms with Crippen molar-refractivity contribution in [3.05, 3.63) is 72.3 Å². The fourth-order valence-corrected chi connectivity index (χ4v) is 2.32. The molecular weight excluding hydrogens is 206 g/mol. The summed E-state index contributed by atoms with van der Waals surface area (Å²) >= 11 is 0. The van der Waals surface area contributed by atoms with Crippen LogP contribution in [0.3, 0.4) is 0 Å². The van der Waals surface area contributed by atoms with E-state index >= 15 is 0 Å². The lowest BCUT2D eigenvalue weighted by Gasteiger charge is -2.22. The maximum atomic E-state index is 2.38. The molecule has 2 aromatic rings. The minimum absolute atomic E-state index is 1.08. The highest BCUT2D eigenvalue weighted by Crippen LogP contribution is 2.30. The lowest BCUT2D eigenvalue weighted by molar-refractivity contribution is 1.01. The zero-order chi connectivity index (χ0) is 11.5. The predicted molar refractivity (Wildman–Crippen MR) is 72.8 cm³/mol. The molecular formula is C16H15N. The second kappa shape index (κ2) is 4.46. The molecule has 0 aromatic heterocycles. The third-order valence-corrected chi connectivity index (χ3v) is 3.12. The number of nitrogens with zero attached hydrogens (tertiary/aromatic N) is 1. The van der Waals surface area contributed by atoms with Gasteiger partial charge in [-0.1, -0.05) is 54.6 Å². The number of benzene rings is 2. The second-order valence-electron chi connectivity index (χ2n) is 4.23. The summed E-state index contributed by atoms with van der Waals surface area (Å²) in [6.45, 7) is 1.08.